The lowest BCUT2D eigenvalue weighted by Crippen LogP contribution is -2.00. The lowest BCUT2D eigenvalue weighted by Gasteiger charge is -2.03. The lowest BCUT2D eigenvalue weighted by atomic mass is 10.2. The molecule has 0 aliphatic rings. The molecule has 1 rings (SSSR count). The fourth-order valence-corrected chi connectivity index (χ4v) is 2.45. The number of benzene rings is 1. The van der Waals surface area contributed by atoms with Gasteiger partial charge in [0.2, 0.25) is 0 Å². The van der Waals surface area contributed by atoms with Crippen LogP contribution in [-0.4, -0.2) is 28.1 Å². The molecule has 1 aromatic carbocycles. The molecular weight excluding hydrogens is 214 g/mol. The van der Waals surface area contributed by atoms with Crippen molar-refractivity contribution in [1.29, 1.82) is 0 Å². The second kappa shape index (κ2) is 4.44. The molecule has 0 bridgehead atoms. The maximum atomic E-state index is 12.0. The summed E-state index contributed by atoms with van der Waals surface area (Å²) in [7, 11) is -2.37. The molecule has 0 radical (unpaired) electrons. The monoisotopic (exact) mass is 227 g/mol. The molecule has 1 aromatic rings. The van der Waals surface area contributed by atoms with Gasteiger partial charge in [0, 0.05) is 17.7 Å². The van der Waals surface area contributed by atoms with Crippen molar-refractivity contribution in [1.82, 2.24) is 0 Å². The van der Waals surface area contributed by atoms with Gasteiger partial charge in [0.05, 0.1) is 15.3 Å². The average Bonchev–Trinajstić information content (AvgIpc) is 2.18. The van der Waals surface area contributed by atoms with Crippen LogP contribution >= 0.6 is 0 Å². The molecular formula is C10H13NO3S. The molecule has 0 aliphatic heterocycles. The van der Waals surface area contributed by atoms with Crippen LogP contribution in [0, 0.1) is 0 Å². The first-order valence-electron chi connectivity index (χ1n) is 4.48. The number of carboxylic acids is 1. The summed E-state index contributed by atoms with van der Waals surface area (Å²) in [4.78, 5) is 11.2. The average molecular weight is 227 g/mol. The summed E-state index contributed by atoms with van der Waals surface area (Å²) >= 11 is 0. The predicted octanol–water partition coefficient (Wildman–Crippen LogP) is 1.86. The van der Waals surface area contributed by atoms with E-state index in [0.29, 0.717) is 11.4 Å². The molecule has 0 aliphatic carbocycles. The molecule has 5 heteroatoms. The minimum atomic E-state index is -2.37. The van der Waals surface area contributed by atoms with Crippen molar-refractivity contribution in [2.45, 2.75) is 11.8 Å². The largest absolute Gasteiger partial charge is 0.478 e. The number of hydrogen-bond acceptors (Lipinski definition) is 3. The van der Waals surface area contributed by atoms with E-state index in [2.05, 4.69) is 4.36 Å². The van der Waals surface area contributed by atoms with Crippen molar-refractivity contribution in [2.24, 2.45) is 4.36 Å². The molecule has 82 valence electrons. The van der Waals surface area contributed by atoms with E-state index < -0.39 is 15.7 Å². The Morgan fingerprint density at radius 1 is 1.40 bits per heavy atom. The second-order valence-corrected chi connectivity index (χ2v) is 5.41. The van der Waals surface area contributed by atoms with Crippen LogP contribution in [0.5, 0.6) is 0 Å². The van der Waals surface area contributed by atoms with Gasteiger partial charge in [-0.1, -0.05) is 0 Å². The molecule has 1 atom stereocenters. The van der Waals surface area contributed by atoms with Crippen molar-refractivity contribution in [2.75, 3.05) is 12.8 Å². The van der Waals surface area contributed by atoms with E-state index in [4.69, 9.17) is 5.11 Å². The number of rotatable bonds is 3. The number of carbonyl (C=O) groups is 1. The Morgan fingerprint density at radius 3 is 2.33 bits per heavy atom. The van der Waals surface area contributed by atoms with Crippen LogP contribution in [0.15, 0.2) is 33.5 Å². The molecule has 0 saturated carbocycles. The van der Waals surface area contributed by atoms with E-state index in [1.54, 1.807) is 18.4 Å². The van der Waals surface area contributed by atoms with Crippen molar-refractivity contribution in [3.8, 4) is 0 Å². The summed E-state index contributed by atoms with van der Waals surface area (Å²) in [6.07, 6.45) is 1.55. The highest BCUT2D eigenvalue weighted by Gasteiger charge is 2.07. The zero-order valence-corrected chi connectivity index (χ0v) is 9.45. The van der Waals surface area contributed by atoms with Gasteiger partial charge in [0.15, 0.2) is 0 Å². The van der Waals surface area contributed by atoms with Gasteiger partial charge < -0.3 is 5.11 Å². The smallest absolute Gasteiger partial charge is 0.335 e. The number of carboxylic acid groups (broad SMARTS) is 1. The maximum absolute atomic E-state index is 12.0. The predicted molar refractivity (Wildman–Crippen MR) is 58.7 cm³/mol. The van der Waals surface area contributed by atoms with E-state index in [9.17, 15) is 9.00 Å². The van der Waals surface area contributed by atoms with Gasteiger partial charge in [0.25, 0.3) is 0 Å². The van der Waals surface area contributed by atoms with Crippen molar-refractivity contribution in [3.05, 3.63) is 29.8 Å². The maximum Gasteiger partial charge on any atom is 0.335 e. The van der Waals surface area contributed by atoms with Crippen LogP contribution < -0.4 is 0 Å². The fraction of sp³-hybridized carbons (Fsp3) is 0.300. The first-order valence-corrected chi connectivity index (χ1v) is 6.41. The molecule has 4 nitrogen and oxygen atoms in total. The van der Waals surface area contributed by atoms with Crippen LogP contribution in [0.4, 0.5) is 0 Å². The van der Waals surface area contributed by atoms with E-state index in [-0.39, 0.29) is 5.56 Å². The van der Waals surface area contributed by atoms with E-state index in [0.717, 1.165) is 0 Å². The number of nitrogens with zero attached hydrogens (tertiary/aromatic N) is 1. The van der Waals surface area contributed by atoms with Crippen LogP contribution in [-0.2, 0) is 9.73 Å². The van der Waals surface area contributed by atoms with Crippen molar-refractivity contribution >= 4 is 15.7 Å². The third kappa shape index (κ3) is 2.79. The van der Waals surface area contributed by atoms with E-state index in [1.807, 2.05) is 6.92 Å². The second-order valence-electron chi connectivity index (χ2n) is 3.08. The third-order valence-electron chi connectivity index (χ3n) is 1.91. The zero-order valence-electron chi connectivity index (χ0n) is 8.64. The molecule has 0 amide bonds. The van der Waals surface area contributed by atoms with E-state index in [1.165, 1.54) is 12.1 Å². The van der Waals surface area contributed by atoms with Gasteiger partial charge in [-0.3, -0.25) is 0 Å². The highest BCUT2D eigenvalue weighted by Crippen LogP contribution is 2.12. The Bertz CT molecular complexity index is 470. The molecule has 1 N–H and O–H groups in total. The minimum Gasteiger partial charge on any atom is -0.478 e. The quantitative estimate of drug-likeness (QED) is 0.857. The van der Waals surface area contributed by atoms with Gasteiger partial charge in [-0.25, -0.2) is 13.4 Å². The first-order chi connectivity index (χ1) is 6.97. The van der Waals surface area contributed by atoms with E-state index >= 15 is 0 Å². The van der Waals surface area contributed by atoms with Crippen LogP contribution in [0.3, 0.4) is 0 Å². The highest BCUT2D eigenvalue weighted by molar-refractivity contribution is 7.93. The topological polar surface area (TPSA) is 66.7 Å². The SMILES string of the molecule is CCN=S(C)(=O)c1ccc(C(=O)O)cc1. The number of hydrogen-bond donors (Lipinski definition) is 1. The summed E-state index contributed by atoms with van der Waals surface area (Å²) in [5, 5.41) is 8.69. The molecule has 15 heavy (non-hydrogen) atoms. The number of aromatic carboxylic acids is 1. The van der Waals surface area contributed by atoms with Crippen molar-refractivity contribution < 1.29 is 14.1 Å². The van der Waals surface area contributed by atoms with Crippen LogP contribution in [0.1, 0.15) is 17.3 Å². The first kappa shape index (κ1) is 11.7. The standard InChI is InChI=1S/C10H13NO3S/c1-3-11-15(2,14)9-6-4-8(5-7-9)10(12)13/h4-7H,3H2,1-2H3,(H,12,13). The summed E-state index contributed by atoms with van der Waals surface area (Å²) < 4.78 is 15.9. The Labute approximate surface area is 89.1 Å². The Hall–Kier alpha value is -1.36. The molecule has 0 aromatic heterocycles. The van der Waals surface area contributed by atoms with Gasteiger partial charge in [-0.15, -0.1) is 0 Å². The Kier molecular flexibility index (Phi) is 3.47. The van der Waals surface area contributed by atoms with Gasteiger partial charge >= 0.3 is 5.97 Å². The lowest BCUT2D eigenvalue weighted by molar-refractivity contribution is 0.0697. The van der Waals surface area contributed by atoms with Crippen molar-refractivity contribution in [3.63, 3.8) is 0 Å². The summed E-state index contributed by atoms with van der Waals surface area (Å²) in [5.74, 6) is -0.989. The molecule has 1 unspecified atom stereocenters. The Balaban J connectivity index is 3.15. The molecule has 0 heterocycles. The van der Waals surface area contributed by atoms with Gasteiger partial charge in [-0.2, -0.15) is 0 Å². The zero-order chi connectivity index (χ0) is 11.5. The summed E-state index contributed by atoms with van der Waals surface area (Å²) in [6, 6.07) is 5.97. The fourth-order valence-electron chi connectivity index (χ4n) is 1.17. The highest BCUT2D eigenvalue weighted by atomic mass is 32.2. The van der Waals surface area contributed by atoms with Gasteiger partial charge in [0.1, 0.15) is 0 Å². The van der Waals surface area contributed by atoms with Gasteiger partial charge in [-0.05, 0) is 31.2 Å². The van der Waals surface area contributed by atoms with Crippen LogP contribution in [0.25, 0.3) is 0 Å². The summed E-state index contributed by atoms with van der Waals surface area (Å²) in [6.45, 7) is 2.30. The third-order valence-corrected chi connectivity index (χ3v) is 3.81. The minimum absolute atomic E-state index is 0.186. The Morgan fingerprint density at radius 2 is 1.93 bits per heavy atom. The van der Waals surface area contributed by atoms with Crippen LogP contribution in [0.2, 0.25) is 0 Å². The normalized spacial score (nSPS) is 14.3. The molecule has 0 saturated heterocycles. The molecule has 0 spiro atoms. The summed E-state index contributed by atoms with van der Waals surface area (Å²) in [5.41, 5.74) is 0.186. The molecule has 0 fully saturated rings.